The molecular weight excluding hydrogens is 264 g/mol. The summed E-state index contributed by atoms with van der Waals surface area (Å²) in [7, 11) is 0. The topological polar surface area (TPSA) is 47.3 Å². The first-order valence-electron chi connectivity index (χ1n) is 7.62. The van der Waals surface area contributed by atoms with Crippen molar-refractivity contribution >= 4 is 0 Å². The Kier molecular flexibility index (Phi) is 4.36. The molecule has 2 heterocycles. The molecule has 0 saturated carbocycles. The number of hydrogen-bond donors (Lipinski definition) is 1. The molecule has 1 aliphatic heterocycles. The largest absolute Gasteiger partial charge is 0.392 e. The fourth-order valence-corrected chi connectivity index (χ4v) is 3.04. The molecule has 4 nitrogen and oxygen atoms in total. The molecule has 1 aromatic heterocycles. The number of ether oxygens (including phenoxy) is 1. The highest BCUT2D eigenvalue weighted by Crippen LogP contribution is 2.34. The third-order valence-electron chi connectivity index (χ3n) is 3.99. The molecule has 1 saturated heterocycles. The molecule has 4 heteroatoms. The minimum Gasteiger partial charge on any atom is -0.392 e. The molecule has 0 radical (unpaired) electrons. The summed E-state index contributed by atoms with van der Waals surface area (Å²) in [5, 5.41) is 9.74. The number of imidazole rings is 1. The summed E-state index contributed by atoms with van der Waals surface area (Å²) < 4.78 is 7.60. The molecule has 21 heavy (non-hydrogen) atoms. The van der Waals surface area contributed by atoms with E-state index in [4.69, 9.17) is 4.74 Å². The zero-order valence-corrected chi connectivity index (χ0v) is 12.4. The smallest absolute Gasteiger partial charge is 0.0957 e. The van der Waals surface area contributed by atoms with Gasteiger partial charge < -0.3 is 14.4 Å². The lowest BCUT2D eigenvalue weighted by atomic mass is 9.92. The second-order valence-electron chi connectivity index (χ2n) is 5.73. The van der Waals surface area contributed by atoms with Gasteiger partial charge in [0, 0.05) is 36.9 Å². The first-order valence-corrected chi connectivity index (χ1v) is 7.62. The van der Waals surface area contributed by atoms with Crippen LogP contribution in [0.2, 0.25) is 0 Å². The van der Waals surface area contributed by atoms with Gasteiger partial charge in [-0.15, -0.1) is 0 Å². The summed E-state index contributed by atoms with van der Waals surface area (Å²) in [5.41, 5.74) is 3.43. The minimum absolute atomic E-state index is 0.374. The van der Waals surface area contributed by atoms with E-state index >= 15 is 0 Å². The summed E-state index contributed by atoms with van der Waals surface area (Å²) in [6.45, 7) is 4.01. The monoisotopic (exact) mass is 286 g/mol. The van der Waals surface area contributed by atoms with Crippen LogP contribution < -0.4 is 0 Å². The van der Waals surface area contributed by atoms with Crippen molar-refractivity contribution in [2.24, 2.45) is 0 Å². The average molecular weight is 286 g/mol. The molecule has 1 N–H and O–H groups in total. The van der Waals surface area contributed by atoms with Crippen LogP contribution >= 0.6 is 0 Å². The van der Waals surface area contributed by atoms with Gasteiger partial charge in [-0.3, -0.25) is 0 Å². The second-order valence-corrected chi connectivity index (χ2v) is 5.73. The Hall–Kier alpha value is -1.65. The standard InChI is InChI=1S/C17H22N2O2/c1-13(20)11-19-12-18-16(14-5-3-2-4-6-14)17(19)15-7-9-21-10-8-15/h2-6,12-13,15,20H,7-11H2,1H3/t13-/m1/s1. The van der Waals surface area contributed by atoms with Crippen LogP contribution in [0.15, 0.2) is 36.7 Å². The summed E-state index contributed by atoms with van der Waals surface area (Å²) in [6, 6.07) is 10.3. The Morgan fingerprint density at radius 2 is 2.00 bits per heavy atom. The number of nitrogens with zero attached hydrogens (tertiary/aromatic N) is 2. The first-order chi connectivity index (χ1) is 10.3. The third-order valence-corrected chi connectivity index (χ3v) is 3.99. The molecule has 0 unspecified atom stereocenters. The van der Waals surface area contributed by atoms with Crippen molar-refractivity contribution in [3.8, 4) is 11.3 Å². The fourth-order valence-electron chi connectivity index (χ4n) is 3.04. The molecular formula is C17H22N2O2. The highest BCUT2D eigenvalue weighted by Gasteiger charge is 2.24. The third kappa shape index (κ3) is 3.17. The van der Waals surface area contributed by atoms with Crippen molar-refractivity contribution in [1.29, 1.82) is 0 Å². The normalized spacial score (nSPS) is 17.8. The number of aromatic nitrogens is 2. The van der Waals surface area contributed by atoms with Crippen LogP contribution in [0.4, 0.5) is 0 Å². The van der Waals surface area contributed by atoms with Crippen LogP contribution in [0.3, 0.4) is 0 Å². The molecule has 1 aliphatic rings. The first kappa shape index (κ1) is 14.3. The molecule has 0 amide bonds. The number of rotatable bonds is 4. The lowest BCUT2D eigenvalue weighted by molar-refractivity contribution is 0.0831. The van der Waals surface area contributed by atoms with Crippen LogP contribution in [-0.2, 0) is 11.3 Å². The summed E-state index contributed by atoms with van der Waals surface area (Å²) >= 11 is 0. The van der Waals surface area contributed by atoms with Gasteiger partial charge in [-0.25, -0.2) is 4.98 Å². The summed E-state index contributed by atoms with van der Waals surface area (Å²) in [5.74, 6) is 0.454. The van der Waals surface area contributed by atoms with Gasteiger partial charge in [-0.2, -0.15) is 0 Å². The lowest BCUT2D eigenvalue weighted by Crippen LogP contribution is -2.20. The van der Waals surface area contributed by atoms with Crippen molar-refractivity contribution in [2.45, 2.75) is 38.3 Å². The Morgan fingerprint density at radius 1 is 1.29 bits per heavy atom. The second kappa shape index (κ2) is 6.41. The van der Waals surface area contributed by atoms with E-state index in [1.807, 2.05) is 31.5 Å². The maximum Gasteiger partial charge on any atom is 0.0957 e. The predicted molar refractivity (Wildman–Crippen MR) is 82.1 cm³/mol. The average Bonchev–Trinajstić information content (AvgIpc) is 2.92. The summed E-state index contributed by atoms with van der Waals surface area (Å²) in [6.07, 6.45) is 3.53. The fraction of sp³-hybridized carbons (Fsp3) is 0.471. The molecule has 1 aromatic carbocycles. The van der Waals surface area contributed by atoms with E-state index in [-0.39, 0.29) is 6.10 Å². The highest BCUT2D eigenvalue weighted by atomic mass is 16.5. The number of hydrogen-bond acceptors (Lipinski definition) is 3. The predicted octanol–water partition coefficient (Wildman–Crippen LogP) is 2.82. The van der Waals surface area contributed by atoms with Gasteiger partial charge in [-0.05, 0) is 19.8 Å². The molecule has 0 aliphatic carbocycles. The molecule has 0 spiro atoms. The van der Waals surface area contributed by atoms with E-state index in [0.717, 1.165) is 37.3 Å². The van der Waals surface area contributed by atoms with E-state index in [2.05, 4.69) is 21.7 Å². The van der Waals surface area contributed by atoms with Crippen LogP contribution in [0.5, 0.6) is 0 Å². The molecule has 2 aromatic rings. The molecule has 3 rings (SSSR count). The Morgan fingerprint density at radius 3 is 2.67 bits per heavy atom. The molecule has 1 fully saturated rings. The molecule has 0 bridgehead atoms. The van der Waals surface area contributed by atoms with Crippen molar-refractivity contribution in [2.75, 3.05) is 13.2 Å². The van der Waals surface area contributed by atoms with Crippen LogP contribution in [0.25, 0.3) is 11.3 Å². The number of aliphatic hydroxyl groups excluding tert-OH is 1. The van der Waals surface area contributed by atoms with Crippen molar-refractivity contribution in [3.05, 3.63) is 42.4 Å². The zero-order chi connectivity index (χ0) is 14.7. The summed E-state index contributed by atoms with van der Waals surface area (Å²) in [4.78, 5) is 4.63. The van der Waals surface area contributed by atoms with Gasteiger partial charge in [-0.1, -0.05) is 30.3 Å². The Bertz CT molecular complexity index is 572. The van der Waals surface area contributed by atoms with E-state index in [1.54, 1.807) is 0 Å². The van der Waals surface area contributed by atoms with Gasteiger partial charge >= 0.3 is 0 Å². The van der Waals surface area contributed by atoms with Crippen molar-refractivity contribution < 1.29 is 9.84 Å². The molecule has 112 valence electrons. The maximum absolute atomic E-state index is 9.74. The maximum atomic E-state index is 9.74. The Labute approximate surface area is 125 Å². The highest BCUT2D eigenvalue weighted by molar-refractivity contribution is 5.62. The van der Waals surface area contributed by atoms with Crippen LogP contribution in [0, 0.1) is 0 Å². The SMILES string of the molecule is C[C@@H](O)Cn1cnc(-c2ccccc2)c1C1CCOCC1. The Balaban J connectivity index is 2.01. The van der Waals surface area contributed by atoms with Gasteiger partial charge in [0.2, 0.25) is 0 Å². The number of benzene rings is 1. The van der Waals surface area contributed by atoms with Gasteiger partial charge in [0.05, 0.1) is 18.1 Å². The van der Waals surface area contributed by atoms with Gasteiger partial charge in [0.25, 0.3) is 0 Å². The number of aliphatic hydroxyl groups is 1. The van der Waals surface area contributed by atoms with Crippen LogP contribution in [0.1, 0.15) is 31.4 Å². The van der Waals surface area contributed by atoms with Gasteiger partial charge in [0.1, 0.15) is 0 Å². The van der Waals surface area contributed by atoms with E-state index in [9.17, 15) is 5.11 Å². The zero-order valence-electron chi connectivity index (χ0n) is 12.4. The van der Waals surface area contributed by atoms with E-state index < -0.39 is 0 Å². The minimum atomic E-state index is -0.374. The molecule has 1 atom stereocenters. The van der Waals surface area contributed by atoms with Crippen LogP contribution in [-0.4, -0.2) is 34.0 Å². The van der Waals surface area contributed by atoms with E-state index in [0.29, 0.717) is 12.5 Å². The lowest BCUT2D eigenvalue weighted by Gasteiger charge is -2.25. The van der Waals surface area contributed by atoms with Crippen molar-refractivity contribution in [1.82, 2.24) is 9.55 Å². The van der Waals surface area contributed by atoms with E-state index in [1.165, 1.54) is 5.69 Å². The van der Waals surface area contributed by atoms with Gasteiger partial charge in [0.15, 0.2) is 0 Å². The van der Waals surface area contributed by atoms with Crippen molar-refractivity contribution in [3.63, 3.8) is 0 Å². The quantitative estimate of drug-likeness (QED) is 0.940.